The molecule has 0 bridgehead atoms. The van der Waals surface area contributed by atoms with Crippen LogP contribution < -0.4 is 5.32 Å². The molecular weight excluding hydrogens is 288 g/mol. The molecule has 4 nitrogen and oxygen atoms in total. The molecule has 2 heterocycles. The summed E-state index contributed by atoms with van der Waals surface area (Å²) in [4.78, 5) is 16.6. The van der Waals surface area contributed by atoms with Crippen molar-refractivity contribution in [1.29, 1.82) is 0 Å². The van der Waals surface area contributed by atoms with Gasteiger partial charge in [0.2, 0.25) is 0 Å². The molecule has 0 aliphatic heterocycles. The smallest absolute Gasteiger partial charge is 0.251 e. The zero-order valence-electron chi connectivity index (χ0n) is 13.2. The van der Waals surface area contributed by atoms with Crippen LogP contribution in [0.1, 0.15) is 27.0 Å². The molecule has 3 rings (SSSR count). The van der Waals surface area contributed by atoms with Gasteiger partial charge in [0, 0.05) is 18.3 Å². The van der Waals surface area contributed by atoms with E-state index in [1.165, 1.54) is 0 Å². The molecule has 4 heteroatoms. The van der Waals surface area contributed by atoms with E-state index in [1.807, 2.05) is 50.2 Å². The van der Waals surface area contributed by atoms with Gasteiger partial charge < -0.3 is 9.73 Å². The van der Waals surface area contributed by atoms with Crippen molar-refractivity contribution in [3.63, 3.8) is 0 Å². The molecule has 0 radical (unpaired) electrons. The molecule has 0 aliphatic rings. The Balaban J connectivity index is 1.71. The predicted molar refractivity (Wildman–Crippen MR) is 89.0 cm³/mol. The van der Waals surface area contributed by atoms with E-state index in [4.69, 9.17) is 4.42 Å². The molecule has 0 unspecified atom stereocenters. The van der Waals surface area contributed by atoms with Crippen molar-refractivity contribution < 1.29 is 9.21 Å². The fraction of sp³-hybridized carbons (Fsp3) is 0.158. The fourth-order valence-corrected chi connectivity index (χ4v) is 2.53. The number of nitrogens with zero attached hydrogens (tertiary/aromatic N) is 1. The monoisotopic (exact) mass is 306 g/mol. The number of amides is 1. The van der Waals surface area contributed by atoms with Crippen LogP contribution in [0.5, 0.6) is 0 Å². The zero-order chi connectivity index (χ0) is 16.2. The van der Waals surface area contributed by atoms with Crippen LogP contribution in [0.4, 0.5) is 0 Å². The third-order valence-electron chi connectivity index (χ3n) is 3.53. The number of pyridine rings is 1. The first-order valence-corrected chi connectivity index (χ1v) is 7.47. The Hall–Kier alpha value is -2.88. The molecule has 0 spiro atoms. The van der Waals surface area contributed by atoms with Gasteiger partial charge in [0.05, 0.1) is 6.26 Å². The first-order chi connectivity index (χ1) is 11.1. The summed E-state index contributed by atoms with van der Waals surface area (Å²) in [6.07, 6.45) is 3.34. The molecule has 0 aliphatic carbocycles. The van der Waals surface area contributed by atoms with Crippen molar-refractivity contribution in [3.8, 4) is 11.5 Å². The number of carbonyl (C=O) groups is 1. The van der Waals surface area contributed by atoms with Crippen LogP contribution >= 0.6 is 0 Å². The second-order valence-electron chi connectivity index (χ2n) is 5.59. The molecule has 0 saturated carbocycles. The van der Waals surface area contributed by atoms with Gasteiger partial charge in [-0.1, -0.05) is 17.2 Å². The Labute approximate surface area is 135 Å². The van der Waals surface area contributed by atoms with Crippen LogP contribution in [0.3, 0.4) is 0 Å². The Morgan fingerprint density at radius 1 is 1.13 bits per heavy atom. The van der Waals surface area contributed by atoms with E-state index < -0.39 is 0 Å². The topological polar surface area (TPSA) is 55.1 Å². The molecule has 0 atom stereocenters. The van der Waals surface area contributed by atoms with Gasteiger partial charge in [-0.15, -0.1) is 0 Å². The standard InChI is InChI=1S/C19H18N2O2/c1-13-8-14(2)10-16(9-13)19(22)21-12-15-5-6-20-17(11-15)18-4-3-7-23-18/h3-11H,12H2,1-2H3,(H,21,22). The van der Waals surface area contributed by atoms with Crippen molar-refractivity contribution in [2.24, 2.45) is 0 Å². The highest BCUT2D eigenvalue weighted by molar-refractivity contribution is 5.94. The molecule has 0 fully saturated rings. The lowest BCUT2D eigenvalue weighted by Gasteiger charge is -2.08. The second kappa shape index (κ2) is 6.48. The highest BCUT2D eigenvalue weighted by atomic mass is 16.3. The maximum Gasteiger partial charge on any atom is 0.251 e. The summed E-state index contributed by atoms with van der Waals surface area (Å²) in [5.74, 6) is 0.639. The number of nitrogens with one attached hydrogen (secondary N) is 1. The maximum atomic E-state index is 12.3. The van der Waals surface area contributed by atoms with E-state index in [2.05, 4.69) is 16.4 Å². The summed E-state index contributed by atoms with van der Waals surface area (Å²) >= 11 is 0. The van der Waals surface area contributed by atoms with E-state index in [1.54, 1.807) is 12.5 Å². The first kappa shape index (κ1) is 15.0. The molecule has 23 heavy (non-hydrogen) atoms. The molecule has 116 valence electrons. The molecular formula is C19H18N2O2. The average Bonchev–Trinajstić information content (AvgIpc) is 3.06. The maximum absolute atomic E-state index is 12.3. The van der Waals surface area contributed by atoms with Gasteiger partial charge in [0.15, 0.2) is 5.76 Å². The summed E-state index contributed by atoms with van der Waals surface area (Å²) < 4.78 is 5.35. The summed E-state index contributed by atoms with van der Waals surface area (Å²) in [6.45, 7) is 4.42. The van der Waals surface area contributed by atoms with Crippen molar-refractivity contribution in [2.75, 3.05) is 0 Å². The molecule has 1 amide bonds. The van der Waals surface area contributed by atoms with Crippen LogP contribution in [-0.2, 0) is 6.54 Å². The van der Waals surface area contributed by atoms with E-state index >= 15 is 0 Å². The number of carbonyl (C=O) groups excluding carboxylic acids is 1. The Bertz CT molecular complexity index is 803. The van der Waals surface area contributed by atoms with E-state index in [9.17, 15) is 4.79 Å². The third-order valence-corrected chi connectivity index (χ3v) is 3.53. The first-order valence-electron chi connectivity index (χ1n) is 7.47. The lowest BCUT2D eigenvalue weighted by Crippen LogP contribution is -2.23. The van der Waals surface area contributed by atoms with Gasteiger partial charge in [0.1, 0.15) is 5.69 Å². The number of rotatable bonds is 4. The molecule has 0 saturated heterocycles. The number of aryl methyl sites for hydroxylation is 2. The lowest BCUT2D eigenvalue weighted by atomic mass is 10.1. The van der Waals surface area contributed by atoms with Gasteiger partial charge in [-0.3, -0.25) is 9.78 Å². The number of furan rings is 1. The minimum atomic E-state index is -0.0758. The summed E-state index contributed by atoms with van der Waals surface area (Å²) in [6, 6.07) is 13.3. The highest BCUT2D eigenvalue weighted by Gasteiger charge is 2.08. The number of aromatic nitrogens is 1. The zero-order valence-corrected chi connectivity index (χ0v) is 13.2. The SMILES string of the molecule is Cc1cc(C)cc(C(=O)NCc2ccnc(-c3ccco3)c2)c1. The van der Waals surface area contributed by atoms with Crippen molar-refractivity contribution in [1.82, 2.24) is 10.3 Å². The normalized spacial score (nSPS) is 10.5. The molecule has 2 aromatic heterocycles. The average molecular weight is 306 g/mol. The molecule has 1 N–H and O–H groups in total. The van der Waals surface area contributed by atoms with Gasteiger partial charge in [-0.25, -0.2) is 0 Å². The van der Waals surface area contributed by atoms with Crippen LogP contribution in [-0.4, -0.2) is 10.9 Å². The highest BCUT2D eigenvalue weighted by Crippen LogP contribution is 2.18. The van der Waals surface area contributed by atoms with Crippen LogP contribution in [0.2, 0.25) is 0 Å². The van der Waals surface area contributed by atoms with E-state index in [-0.39, 0.29) is 5.91 Å². The van der Waals surface area contributed by atoms with Gasteiger partial charge in [-0.2, -0.15) is 0 Å². The van der Waals surface area contributed by atoms with Gasteiger partial charge >= 0.3 is 0 Å². The Morgan fingerprint density at radius 3 is 2.61 bits per heavy atom. The molecule has 1 aromatic carbocycles. The minimum Gasteiger partial charge on any atom is -0.463 e. The Kier molecular flexibility index (Phi) is 4.24. The van der Waals surface area contributed by atoms with Crippen LogP contribution in [0.15, 0.2) is 59.3 Å². The summed E-state index contributed by atoms with van der Waals surface area (Å²) in [5, 5.41) is 2.94. The lowest BCUT2D eigenvalue weighted by molar-refractivity contribution is 0.0950. The van der Waals surface area contributed by atoms with E-state index in [0.29, 0.717) is 17.9 Å². The quantitative estimate of drug-likeness (QED) is 0.795. The van der Waals surface area contributed by atoms with Crippen molar-refractivity contribution in [2.45, 2.75) is 20.4 Å². The predicted octanol–water partition coefficient (Wildman–Crippen LogP) is 3.89. The van der Waals surface area contributed by atoms with Crippen LogP contribution in [0.25, 0.3) is 11.5 Å². The van der Waals surface area contributed by atoms with Crippen LogP contribution in [0, 0.1) is 13.8 Å². The largest absolute Gasteiger partial charge is 0.463 e. The number of hydrogen-bond donors (Lipinski definition) is 1. The summed E-state index contributed by atoms with van der Waals surface area (Å²) in [7, 11) is 0. The number of benzene rings is 1. The van der Waals surface area contributed by atoms with Gasteiger partial charge in [-0.05, 0) is 55.8 Å². The minimum absolute atomic E-state index is 0.0758. The van der Waals surface area contributed by atoms with Gasteiger partial charge in [0.25, 0.3) is 5.91 Å². The second-order valence-corrected chi connectivity index (χ2v) is 5.59. The van der Waals surface area contributed by atoms with E-state index in [0.717, 1.165) is 22.4 Å². The fourth-order valence-electron chi connectivity index (χ4n) is 2.53. The van der Waals surface area contributed by atoms with Crippen molar-refractivity contribution >= 4 is 5.91 Å². The Morgan fingerprint density at radius 2 is 1.91 bits per heavy atom. The summed E-state index contributed by atoms with van der Waals surface area (Å²) in [5.41, 5.74) is 4.58. The third kappa shape index (κ3) is 3.66. The molecule has 3 aromatic rings. The van der Waals surface area contributed by atoms with Crippen molar-refractivity contribution in [3.05, 3.63) is 77.2 Å². The number of hydrogen-bond acceptors (Lipinski definition) is 3.